The summed E-state index contributed by atoms with van der Waals surface area (Å²) in [5, 5.41) is 3.06. The normalized spacial score (nSPS) is 14.6. The summed E-state index contributed by atoms with van der Waals surface area (Å²) in [5.74, 6) is 1.21. The number of ether oxygens (including phenoxy) is 1. The third kappa shape index (κ3) is 6.07. The Morgan fingerprint density at radius 1 is 1.18 bits per heavy atom. The minimum atomic E-state index is -0.282. The molecule has 2 amide bonds. The van der Waals surface area contributed by atoms with Crippen LogP contribution < -0.4 is 10.2 Å². The summed E-state index contributed by atoms with van der Waals surface area (Å²) >= 11 is 0. The number of likely N-dealkylation sites (tertiary alicyclic amines) is 1. The molecule has 0 aliphatic carbocycles. The zero-order valence-corrected chi connectivity index (χ0v) is 17.5. The molecule has 0 radical (unpaired) electrons. The van der Waals surface area contributed by atoms with E-state index >= 15 is 0 Å². The topological polar surface area (TPSA) is 87.7 Å². The molecular weight excluding hydrogens is 358 g/mol. The molecule has 28 heavy (non-hydrogen) atoms. The molecule has 0 saturated carbocycles. The van der Waals surface area contributed by atoms with Crippen LogP contribution in [-0.4, -0.2) is 65.7 Å². The van der Waals surface area contributed by atoms with Crippen molar-refractivity contribution >= 4 is 17.8 Å². The first kappa shape index (κ1) is 21.9. The van der Waals surface area contributed by atoms with Gasteiger partial charge in [-0.05, 0) is 39.5 Å². The quantitative estimate of drug-likeness (QED) is 0.733. The van der Waals surface area contributed by atoms with Crippen molar-refractivity contribution in [2.24, 2.45) is 0 Å². The van der Waals surface area contributed by atoms with Crippen LogP contribution in [0.2, 0.25) is 0 Å². The summed E-state index contributed by atoms with van der Waals surface area (Å²) in [4.78, 5) is 37.3. The Hall–Kier alpha value is -2.38. The van der Waals surface area contributed by atoms with Gasteiger partial charge in [0.05, 0.1) is 6.61 Å². The highest BCUT2D eigenvalue weighted by Gasteiger charge is 2.25. The van der Waals surface area contributed by atoms with Gasteiger partial charge in [-0.3, -0.25) is 4.79 Å². The predicted molar refractivity (Wildman–Crippen MR) is 109 cm³/mol. The monoisotopic (exact) mass is 391 g/mol. The van der Waals surface area contributed by atoms with Crippen molar-refractivity contribution in [1.29, 1.82) is 0 Å². The molecule has 1 aromatic rings. The van der Waals surface area contributed by atoms with E-state index < -0.39 is 0 Å². The molecule has 0 atom stereocenters. The van der Waals surface area contributed by atoms with Gasteiger partial charge in [0, 0.05) is 38.3 Å². The maximum atomic E-state index is 12.7. The first-order chi connectivity index (χ1) is 13.5. The highest BCUT2D eigenvalue weighted by atomic mass is 16.6. The van der Waals surface area contributed by atoms with Gasteiger partial charge < -0.3 is 19.9 Å². The number of carbonyl (C=O) groups excluding carboxylic acids is 2. The number of anilines is 1. The number of aromatic nitrogens is 2. The minimum absolute atomic E-state index is 0.0271. The zero-order chi connectivity index (χ0) is 20.5. The molecule has 156 valence electrons. The van der Waals surface area contributed by atoms with Crippen molar-refractivity contribution in [1.82, 2.24) is 20.2 Å². The molecule has 2 rings (SSSR count). The summed E-state index contributed by atoms with van der Waals surface area (Å²) in [6.45, 7) is 11.2. The van der Waals surface area contributed by atoms with Crippen LogP contribution >= 0.6 is 0 Å². The minimum Gasteiger partial charge on any atom is -0.450 e. The van der Waals surface area contributed by atoms with Crippen LogP contribution in [0, 0.1) is 6.92 Å². The van der Waals surface area contributed by atoms with Gasteiger partial charge in [0.1, 0.15) is 17.3 Å². The first-order valence-electron chi connectivity index (χ1n) is 10.3. The lowest BCUT2D eigenvalue weighted by molar-refractivity contribution is 0.0856. The molecule has 1 aromatic heterocycles. The van der Waals surface area contributed by atoms with Crippen molar-refractivity contribution in [3.05, 3.63) is 17.6 Å². The largest absolute Gasteiger partial charge is 0.450 e. The fraction of sp³-hybridized carbons (Fsp3) is 0.700. The van der Waals surface area contributed by atoms with Crippen molar-refractivity contribution in [3.8, 4) is 0 Å². The molecule has 0 unspecified atom stereocenters. The first-order valence-corrected chi connectivity index (χ1v) is 10.3. The number of aryl methyl sites for hydroxylation is 1. The average Bonchev–Trinajstić information content (AvgIpc) is 2.68. The van der Waals surface area contributed by atoms with E-state index in [0.717, 1.165) is 31.7 Å². The van der Waals surface area contributed by atoms with E-state index in [-0.39, 0.29) is 18.0 Å². The van der Waals surface area contributed by atoms with Gasteiger partial charge in [-0.25, -0.2) is 14.8 Å². The highest BCUT2D eigenvalue weighted by molar-refractivity contribution is 5.93. The lowest BCUT2D eigenvalue weighted by atomic mass is 10.1. The van der Waals surface area contributed by atoms with E-state index in [1.54, 1.807) is 17.9 Å². The van der Waals surface area contributed by atoms with Crippen molar-refractivity contribution < 1.29 is 14.3 Å². The highest BCUT2D eigenvalue weighted by Crippen LogP contribution is 2.16. The zero-order valence-electron chi connectivity index (χ0n) is 17.5. The van der Waals surface area contributed by atoms with Gasteiger partial charge in [-0.15, -0.1) is 0 Å². The molecule has 1 fully saturated rings. The van der Waals surface area contributed by atoms with Crippen LogP contribution in [-0.2, 0) is 4.74 Å². The lowest BCUT2D eigenvalue weighted by Crippen LogP contribution is -2.46. The molecule has 0 bridgehead atoms. The molecule has 1 N–H and O–H groups in total. The standard InChI is InChI=1S/C20H33N5O3/c1-5-10-24(11-6-2)18-14-17(21-15(4)22-18)19(26)23-16-8-12-25(13-9-16)20(27)28-7-3/h14,16H,5-13H2,1-4H3,(H,23,26). The Morgan fingerprint density at radius 2 is 1.82 bits per heavy atom. The van der Waals surface area contributed by atoms with Gasteiger partial charge >= 0.3 is 6.09 Å². The Kier molecular flexibility index (Phi) is 8.47. The molecule has 8 nitrogen and oxygen atoms in total. The molecule has 0 spiro atoms. The molecule has 1 aliphatic rings. The summed E-state index contributed by atoms with van der Waals surface area (Å²) in [6.07, 6.45) is 3.17. The number of amides is 2. The van der Waals surface area contributed by atoms with E-state index in [0.29, 0.717) is 44.1 Å². The van der Waals surface area contributed by atoms with Gasteiger partial charge in [-0.2, -0.15) is 0 Å². The predicted octanol–water partition coefficient (Wildman–Crippen LogP) is 2.76. The Bertz CT molecular complexity index is 653. The van der Waals surface area contributed by atoms with Gasteiger partial charge in [-0.1, -0.05) is 13.8 Å². The Balaban J connectivity index is 2.00. The maximum Gasteiger partial charge on any atom is 0.409 e. The summed E-state index contributed by atoms with van der Waals surface area (Å²) in [7, 11) is 0. The number of nitrogens with zero attached hydrogens (tertiary/aromatic N) is 4. The molecule has 2 heterocycles. The van der Waals surface area contributed by atoms with Gasteiger partial charge in [0.15, 0.2) is 0 Å². The number of hydrogen-bond donors (Lipinski definition) is 1. The number of nitrogens with one attached hydrogen (secondary N) is 1. The second-order valence-electron chi connectivity index (χ2n) is 7.08. The van der Waals surface area contributed by atoms with Crippen LogP contribution in [0.15, 0.2) is 6.07 Å². The summed E-state index contributed by atoms with van der Waals surface area (Å²) < 4.78 is 5.03. The molecule has 8 heteroatoms. The van der Waals surface area contributed by atoms with Crippen LogP contribution in [0.4, 0.5) is 10.6 Å². The summed E-state index contributed by atoms with van der Waals surface area (Å²) in [5.41, 5.74) is 0.396. The van der Waals surface area contributed by atoms with E-state index in [2.05, 4.69) is 34.0 Å². The van der Waals surface area contributed by atoms with Crippen molar-refractivity contribution in [3.63, 3.8) is 0 Å². The average molecular weight is 392 g/mol. The fourth-order valence-corrected chi connectivity index (χ4v) is 3.39. The number of hydrogen-bond acceptors (Lipinski definition) is 6. The van der Waals surface area contributed by atoms with Crippen molar-refractivity contribution in [2.75, 3.05) is 37.7 Å². The smallest absolute Gasteiger partial charge is 0.409 e. The van der Waals surface area contributed by atoms with E-state index in [1.807, 2.05) is 6.92 Å². The molecule has 1 aliphatic heterocycles. The second kappa shape index (κ2) is 10.8. The number of carbonyl (C=O) groups is 2. The number of rotatable bonds is 8. The third-order valence-electron chi connectivity index (χ3n) is 4.72. The lowest BCUT2D eigenvalue weighted by Gasteiger charge is -2.31. The van der Waals surface area contributed by atoms with Crippen LogP contribution in [0.5, 0.6) is 0 Å². The second-order valence-corrected chi connectivity index (χ2v) is 7.08. The van der Waals surface area contributed by atoms with Crippen LogP contribution in [0.1, 0.15) is 62.8 Å². The Morgan fingerprint density at radius 3 is 2.39 bits per heavy atom. The third-order valence-corrected chi connectivity index (χ3v) is 4.72. The van der Waals surface area contributed by atoms with Crippen LogP contribution in [0.3, 0.4) is 0 Å². The van der Waals surface area contributed by atoms with Crippen molar-refractivity contribution in [2.45, 2.75) is 59.4 Å². The molecule has 1 saturated heterocycles. The van der Waals surface area contributed by atoms with Gasteiger partial charge in [0.2, 0.25) is 0 Å². The van der Waals surface area contributed by atoms with E-state index in [9.17, 15) is 9.59 Å². The summed E-state index contributed by atoms with van der Waals surface area (Å²) in [6, 6.07) is 1.81. The van der Waals surface area contributed by atoms with Gasteiger partial charge in [0.25, 0.3) is 5.91 Å². The molecule has 0 aromatic carbocycles. The van der Waals surface area contributed by atoms with Crippen LogP contribution in [0.25, 0.3) is 0 Å². The molecular formula is C20H33N5O3. The SMILES string of the molecule is CCCN(CCC)c1cc(C(=O)NC2CCN(C(=O)OCC)CC2)nc(C)n1. The van der Waals surface area contributed by atoms with E-state index in [1.165, 1.54) is 0 Å². The van der Waals surface area contributed by atoms with E-state index in [4.69, 9.17) is 4.74 Å². The maximum absolute atomic E-state index is 12.7. The number of piperidine rings is 1. The Labute approximate surface area is 167 Å². The fourth-order valence-electron chi connectivity index (χ4n) is 3.39.